The van der Waals surface area contributed by atoms with Gasteiger partial charge in [-0.1, -0.05) is 42.5 Å². The second-order valence-corrected chi connectivity index (χ2v) is 6.60. The zero-order chi connectivity index (χ0) is 18.8. The summed E-state index contributed by atoms with van der Waals surface area (Å²) in [7, 11) is 0. The van der Waals surface area contributed by atoms with Crippen LogP contribution in [-0.2, 0) is 11.4 Å². The van der Waals surface area contributed by atoms with Crippen LogP contribution in [-0.4, -0.2) is 25.8 Å². The van der Waals surface area contributed by atoms with E-state index in [-0.39, 0.29) is 11.9 Å². The molecule has 1 aromatic heterocycles. The van der Waals surface area contributed by atoms with Crippen LogP contribution in [0.2, 0.25) is 0 Å². The number of benzene rings is 2. The van der Waals surface area contributed by atoms with Gasteiger partial charge in [0.15, 0.2) is 6.04 Å². The molecule has 3 N–H and O–H groups in total. The molecule has 0 radical (unpaired) electrons. The lowest BCUT2D eigenvalue weighted by atomic mass is 9.88. The SMILES string of the molecule is Nc1nc2n(n1)C(C(=O)O)CCC2c1ccc(OCc2ccccc2)cc1. The van der Waals surface area contributed by atoms with Gasteiger partial charge < -0.3 is 15.6 Å². The number of rotatable bonds is 5. The minimum atomic E-state index is -0.913. The third-order valence-electron chi connectivity index (χ3n) is 4.83. The molecule has 2 heterocycles. The summed E-state index contributed by atoms with van der Waals surface area (Å²) in [6.45, 7) is 0.509. The second kappa shape index (κ2) is 7.11. The first-order chi connectivity index (χ1) is 13.1. The van der Waals surface area contributed by atoms with Gasteiger partial charge in [-0.25, -0.2) is 9.48 Å². The Morgan fingerprint density at radius 1 is 1.15 bits per heavy atom. The summed E-state index contributed by atoms with van der Waals surface area (Å²) in [5, 5.41) is 13.5. The van der Waals surface area contributed by atoms with Crippen molar-refractivity contribution in [2.75, 3.05) is 5.73 Å². The lowest BCUT2D eigenvalue weighted by Crippen LogP contribution is -2.28. The predicted octanol–water partition coefficient (Wildman–Crippen LogP) is 2.99. The molecular weight excluding hydrogens is 344 g/mol. The quantitative estimate of drug-likeness (QED) is 0.721. The van der Waals surface area contributed by atoms with Crippen molar-refractivity contribution in [2.45, 2.75) is 31.4 Å². The number of hydrogen-bond acceptors (Lipinski definition) is 5. The first-order valence-corrected chi connectivity index (χ1v) is 8.83. The van der Waals surface area contributed by atoms with Crippen molar-refractivity contribution in [3.63, 3.8) is 0 Å². The van der Waals surface area contributed by atoms with Gasteiger partial charge in [0.2, 0.25) is 5.95 Å². The fraction of sp³-hybridized carbons (Fsp3) is 0.250. The summed E-state index contributed by atoms with van der Waals surface area (Å²) in [6.07, 6.45) is 1.17. The minimum Gasteiger partial charge on any atom is -0.489 e. The van der Waals surface area contributed by atoms with Crippen LogP contribution in [0.3, 0.4) is 0 Å². The highest BCUT2D eigenvalue weighted by atomic mass is 16.5. The Hall–Kier alpha value is -3.35. The van der Waals surface area contributed by atoms with Crippen molar-refractivity contribution < 1.29 is 14.6 Å². The number of anilines is 1. The predicted molar refractivity (Wildman–Crippen MR) is 99.4 cm³/mol. The summed E-state index contributed by atoms with van der Waals surface area (Å²) in [5.41, 5.74) is 7.87. The number of fused-ring (bicyclic) bond motifs is 1. The molecule has 0 saturated heterocycles. The van der Waals surface area contributed by atoms with E-state index in [2.05, 4.69) is 10.1 Å². The van der Waals surface area contributed by atoms with Crippen LogP contribution >= 0.6 is 0 Å². The Labute approximate surface area is 156 Å². The molecule has 1 aliphatic heterocycles. The van der Waals surface area contributed by atoms with Gasteiger partial charge >= 0.3 is 5.97 Å². The Kier molecular flexibility index (Phi) is 4.50. The molecular formula is C20H20N4O3. The Morgan fingerprint density at radius 2 is 1.89 bits per heavy atom. The Morgan fingerprint density at radius 3 is 2.59 bits per heavy atom. The second-order valence-electron chi connectivity index (χ2n) is 6.60. The number of aromatic nitrogens is 3. The van der Waals surface area contributed by atoms with Gasteiger partial charge in [0.05, 0.1) is 0 Å². The summed E-state index contributed by atoms with van der Waals surface area (Å²) < 4.78 is 7.28. The number of carboxylic acids is 1. The first-order valence-electron chi connectivity index (χ1n) is 8.83. The lowest BCUT2D eigenvalue weighted by molar-refractivity contribution is -0.141. The number of carbonyl (C=O) groups is 1. The number of nitrogen functional groups attached to an aromatic ring is 1. The average Bonchev–Trinajstić information content (AvgIpc) is 3.08. The van der Waals surface area contributed by atoms with Crippen LogP contribution in [0.1, 0.15) is 41.8 Å². The van der Waals surface area contributed by atoms with Crippen LogP contribution in [0.25, 0.3) is 0 Å². The fourth-order valence-electron chi connectivity index (χ4n) is 3.48. The maximum atomic E-state index is 11.5. The molecule has 7 heteroatoms. The smallest absolute Gasteiger partial charge is 0.328 e. The van der Waals surface area contributed by atoms with Gasteiger partial charge in [-0.05, 0) is 36.1 Å². The van der Waals surface area contributed by atoms with Crippen molar-refractivity contribution >= 4 is 11.9 Å². The molecule has 2 atom stereocenters. The molecule has 3 aromatic rings. The largest absolute Gasteiger partial charge is 0.489 e. The van der Waals surface area contributed by atoms with E-state index in [0.717, 1.165) is 16.9 Å². The van der Waals surface area contributed by atoms with Gasteiger partial charge in [0.1, 0.15) is 18.2 Å². The molecule has 138 valence electrons. The van der Waals surface area contributed by atoms with E-state index in [9.17, 15) is 9.90 Å². The number of carboxylic acid groups (broad SMARTS) is 1. The molecule has 27 heavy (non-hydrogen) atoms. The zero-order valence-corrected chi connectivity index (χ0v) is 14.7. The van der Waals surface area contributed by atoms with Crippen molar-refractivity contribution in [1.82, 2.24) is 14.8 Å². The number of ether oxygens (including phenoxy) is 1. The monoisotopic (exact) mass is 364 g/mol. The van der Waals surface area contributed by atoms with Gasteiger partial charge in [-0.3, -0.25) is 0 Å². The molecule has 0 spiro atoms. The molecule has 0 amide bonds. The fourth-order valence-corrected chi connectivity index (χ4v) is 3.48. The van der Waals surface area contributed by atoms with Gasteiger partial charge in [0.25, 0.3) is 0 Å². The molecule has 0 saturated carbocycles. The van der Waals surface area contributed by atoms with E-state index in [1.54, 1.807) is 0 Å². The third kappa shape index (κ3) is 3.48. The highest BCUT2D eigenvalue weighted by Gasteiger charge is 2.34. The van der Waals surface area contributed by atoms with Crippen molar-refractivity contribution in [1.29, 1.82) is 0 Å². The maximum Gasteiger partial charge on any atom is 0.328 e. The van der Waals surface area contributed by atoms with E-state index in [4.69, 9.17) is 10.5 Å². The molecule has 1 aliphatic rings. The normalized spacial score (nSPS) is 18.7. The highest BCUT2D eigenvalue weighted by molar-refractivity contribution is 5.72. The van der Waals surface area contributed by atoms with Crippen molar-refractivity contribution in [3.05, 3.63) is 71.5 Å². The minimum absolute atomic E-state index is 0.0337. The number of aliphatic carboxylic acids is 1. The molecule has 2 aromatic carbocycles. The molecule has 7 nitrogen and oxygen atoms in total. The van der Waals surface area contributed by atoms with Crippen LogP contribution in [0, 0.1) is 0 Å². The van der Waals surface area contributed by atoms with E-state index in [1.807, 2.05) is 54.6 Å². The van der Waals surface area contributed by atoms with Crippen molar-refractivity contribution in [2.24, 2.45) is 0 Å². The Bertz CT molecular complexity index is 938. The molecule has 4 rings (SSSR count). The van der Waals surface area contributed by atoms with E-state index >= 15 is 0 Å². The molecule has 0 aliphatic carbocycles. The van der Waals surface area contributed by atoms with Crippen LogP contribution in [0.5, 0.6) is 5.75 Å². The molecule has 0 fully saturated rings. The summed E-state index contributed by atoms with van der Waals surface area (Å²) in [6, 6.07) is 17.1. The average molecular weight is 364 g/mol. The van der Waals surface area contributed by atoms with Gasteiger partial charge in [-0.2, -0.15) is 4.98 Å². The van der Waals surface area contributed by atoms with Crippen LogP contribution in [0.4, 0.5) is 5.95 Å². The highest BCUT2D eigenvalue weighted by Crippen LogP contribution is 2.37. The van der Waals surface area contributed by atoms with Gasteiger partial charge in [-0.15, -0.1) is 5.10 Å². The number of nitrogens with two attached hydrogens (primary N) is 1. The number of nitrogens with zero attached hydrogens (tertiary/aromatic N) is 3. The van der Waals surface area contributed by atoms with Crippen LogP contribution < -0.4 is 10.5 Å². The summed E-state index contributed by atoms with van der Waals surface area (Å²) in [4.78, 5) is 15.7. The molecule has 2 unspecified atom stereocenters. The maximum absolute atomic E-state index is 11.5. The lowest BCUT2D eigenvalue weighted by Gasteiger charge is -2.27. The topological polar surface area (TPSA) is 103 Å². The summed E-state index contributed by atoms with van der Waals surface area (Å²) in [5.74, 6) is 0.538. The van der Waals surface area contributed by atoms with Crippen molar-refractivity contribution in [3.8, 4) is 5.75 Å². The van der Waals surface area contributed by atoms with E-state index in [1.165, 1.54) is 4.68 Å². The first kappa shape index (κ1) is 17.1. The van der Waals surface area contributed by atoms with E-state index < -0.39 is 12.0 Å². The van der Waals surface area contributed by atoms with Gasteiger partial charge in [0, 0.05) is 5.92 Å². The molecule has 0 bridgehead atoms. The van der Waals surface area contributed by atoms with Crippen LogP contribution in [0.15, 0.2) is 54.6 Å². The van der Waals surface area contributed by atoms with E-state index in [0.29, 0.717) is 25.3 Å². The standard InChI is InChI=1S/C20H20N4O3/c21-20-22-18-16(10-11-17(19(25)26)24(18)23-20)14-6-8-15(9-7-14)27-12-13-4-2-1-3-5-13/h1-9,16-17H,10-12H2,(H2,21,23)(H,25,26). The summed E-state index contributed by atoms with van der Waals surface area (Å²) >= 11 is 0. The Balaban J connectivity index is 1.52. The zero-order valence-electron chi connectivity index (χ0n) is 14.7. The number of hydrogen-bond donors (Lipinski definition) is 2. The third-order valence-corrected chi connectivity index (χ3v) is 4.83.